The van der Waals surface area contributed by atoms with Crippen LogP contribution in [-0.2, 0) is 20.6 Å². The van der Waals surface area contributed by atoms with Crippen LogP contribution in [0.1, 0.15) is 35.6 Å². The molecule has 30 heavy (non-hydrogen) atoms. The SMILES string of the molecule is CC1(C)OC[C@H](COCC(=O)c2ncc3cncn3c2Cc2ccc(I)cc2F)O1. The highest BCUT2D eigenvalue weighted by atomic mass is 127. The Balaban J connectivity index is 1.53. The van der Waals surface area contributed by atoms with Crippen LogP contribution in [0.25, 0.3) is 5.52 Å². The lowest BCUT2D eigenvalue weighted by Gasteiger charge is -2.17. The molecular formula is C21H21FIN3O4. The van der Waals surface area contributed by atoms with E-state index in [2.05, 4.69) is 32.6 Å². The summed E-state index contributed by atoms with van der Waals surface area (Å²) in [5.41, 5.74) is 2.02. The predicted octanol–water partition coefficient (Wildman–Crippen LogP) is 3.41. The number of nitrogens with zero attached hydrogens (tertiary/aromatic N) is 3. The van der Waals surface area contributed by atoms with E-state index < -0.39 is 5.79 Å². The second-order valence-corrected chi connectivity index (χ2v) is 8.79. The molecule has 0 unspecified atom stereocenters. The van der Waals surface area contributed by atoms with Gasteiger partial charge < -0.3 is 14.2 Å². The summed E-state index contributed by atoms with van der Waals surface area (Å²) in [5, 5.41) is 0. The van der Waals surface area contributed by atoms with Gasteiger partial charge in [-0.2, -0.15) is 0 Å². The fourth-order valence-corrected chi connectivity index (χ4v) is 3.84. The molecule has 0 amide bonds. The number of halogens is 2. The Hall–Kier alpha value is -1.95. The summed E-state index contributed by atoms with van der Waals surface area (Å²) >= 11 is 2.06. The highest BCUT2D eigenvalue weighted by Gasteiger charge is 2.32. The number of carbonyl (C=O) groups is 1. The molecule has 0 spiro atoms. The van der Waals surface area contributed by atoms with E-state index in [9.17, 15) is 9.18 Å². The van der Waals surface area contributed by atoms with Crippen LogP contribution < -0.4 is 0 Å². The zero-order valence-corrected chi connectivity index (χ0v) is 18.8. The molecular weight excluding hydrogens is 504 g/mol. The van der Waals surface area contributed by atoms with Gasteiger partial charge in [-0.25, -0.2) is 14.4 Å². The van der Waals surface area contributed by atoms with Gasteiger partial charge in [-0.05, 0) is 54.1 Å². The summed E-state index contributed by atoms with van der Waals surface area (Å²) in [5.74, 6) is -1.25. The van der Waals surface area contributed by atoms with Crippen LogP contribution in [0.15, 0.2) is 36.9 Å². The maximum atomic E-state index is 14.4. The molecule has 0 N–H and O–H groups in total. The summed E-state index contributed by atoms with van der Waals surface area (Å²) < 4.78 is 33.8. The molecule has 1 aliphatic heterocycles. The highest BCUT2D eigenvalue weighted by Crippen LogP contribution is 2.23. The number of benzene rings is 1. The first-order chi connectivity index (χ1) is 14.3. The quantitative estimate of drug-likeness (QED) is 0.348. The predicted molar refractivity (Wildman–Crippen MR) is 115 cm³/mol. The molecule has 1 fully saturated rings. The molecule has 0 saturated carbocycles. The van der Waals surface area contributed by atoms with Crippen molar-refractivity contribution in [2.45, 2.75) is 32.2 Å². The first-order valence-electron chi connectivity index (χ1n) is 9.49. The van der Waals surface area contributed by atoms with Crippen LogP contribution in [0.5, 0.6) is 0 Å². The summed E-state index contributed by atoms with van der Waals surface area (Å²) in [6.07, 6.45) is 4.80. The minimum atomic E-state index is -0.642. The Kier molecular flexibility index (Phi) is 6.14. The second-order valence-electron chi connectivity index (χ2n) is 7.54. The van der Waals surface area contributed by atoms with E-state index >= 15 is 0 Å². The summed E-state index contributed by atoms with van der Waals surface area (Å²) in [4.78, 5) is 21.3. The minimum Gasteiger partial charge on any atom is -0.370 e. The molecule has 0 aliphatic carbocycles. The normalized spacial score (nSPS) is 18.2. The largest absolute Gasteiger partial charge is 0.370 e. The highest BCUT2D eigenvalue weighted by molar-refractivity contribution is 14.1. The molecule has 9 heteroatoms. The number of hydrogen-bond acceptors (Lipinski definition) is 6. The lowest BCUT2D eigenvalue weighted by molar-refractivity contribution is -0.144. The molecule has 1 saturated heterocycles. The van der Waals surface area contributed by atoms with Crippen molar-refractivity contribution in [1.82, 2.24) is 14.4 Å². The standard InChI is InChI=1S/C21H21FIN3O4/c1-21(2)29-10-16(30-21)9-28-11-19(27)20-18(26-12-24-7-15(26)8-25-20)5-13-3-4-14(23)6-17(13)22/h3-4,6-8,12,16H,5,9-11H2,1-2H3/t16-/m0/s1. The van der Waals surface area contributed by atoms with E-state index in [4.69, 9.17) is 14.2 Å². The molecule has 7 nitrogen and oxygen atoms in total. The third kappa shape index (κ3) is 4.69. The number of ketones is 1. The van der Waals surface area contributed by atoms with Gasteiger partial charge in [0.2, 0.25) is 5.78 Å². The Morgan fingerprint density at radius 1 is 1.40 bits per heavy atom. The summed E-state index contributed by atoms with van der Waals surface area (Å²) in [7, 11) is 0. The maximum Gasteiger partial charge on any atom is 0.208 e. The van der Waals surface area contributed by atoms with Crippen LogP contribution >= 0.6 is 22.6 Å². The van der Waals surface area contributed by atoms with E-state index in [0.29, 0.717) is 17.9 Å². The van der Waals surface area contributed by atoms with Crippen molar-refractivity contribution >= 4 is 33.9 Å². The molecule has 1 aromatic carbocycles. The molecule has 1 aliphatic rings. The fourth-order valence-electron chi connectivity index (χ4n) is 3.39. The number of fused-ring (bicyclic) bond motifs is 1. The lowest BCUT2D eigenvalue weighted by atomic mass is 10.1. The summed E-state index contributed by atoms with van der Waals surface area (Å²) in [6, 6.07) is 5.01. The van der Waals surface area contributed by atoms with Crippen molar-refractivity contribution < 1.29 is 23.4 Å². The first-order valence-corrected chi connectivity index (χ1v) is 10.6. The van der Waals surface area contributed by atoms with Crippen molar-refractivity contribution in [3.8, 4) is 0 Å². The Bertz CT molecular complexity index is 1090. The molecule has 2 aromatic heterocycles. The number of hydrogen-bond donors (Lipinski definition) is 0. The van der Waals surface area contributed by atoms with E-state index in [1.807, 2.05) is 19.9 Å². The van der Waals surface area contributed by atoms with Crippen molar-refractivity contribution in [2.75, 3.05) is 19.8 Å². The number of carbonyl (C=O) groups excluding carboxylic acids is 1. The van der Waals surface area contributed by atoms with Gasteiger partial charge in [-0.15, -0.1) is 0 Å². The van der Waals surface area contributed by atoms with Crippen LogP contribution in [0.3, 0.4) is 0 Å². The van der Waals surface area contributed by atoms with Crippen molar-refractivity contribution in [3.63, 3.8) is 0 Å². The van der Waals surface area contributed by atoms with Gasteiger partial charge in [0.1, 0.15) is 24.2 Å². The van der Waals surface area contributed by atoms with Crippen LogP contribution in [0, 0.1) is 9.39 Å². The zero-order chi connectivity index (χ0) is 21.3. The molecule has 1 atom stereocenters. The van der Waals surface area contributed by atoms with E-state index in [1.54, 1.807) is 29.2 Å². The van der Waals surface area contributed by atoms with Crippen LogP contribution in [0.4, 0.5) is 4.39 Å². The van der Waals surface area contributed by atoms with Gasteiger partial charge in [-0.3, -0.25) is 9.20 Å². The lowest BCUT2D eigenvalue weighted by Crippen LogP contribution is -2.25. The van der Waals surface area contributed by atoms with Gasteiger partial charge in [0, 0.05) is 9.99 Å². The van der Waals surface area contributed by atoms with Gasteiger partial charge in [0.25, 0.3) is 0 Å². The number of ether oxygens (including phenoxy) is 3. The van der Waals surface area contributed by atoms with E-state index in [-0.39, 0.29) is 43.0 Å². The first kappa shape index (κ1) is 21.3. The van der Waals surface area contributed by atoms with E-state index in [0.717, 1.165) is 9.09 Å². The molecule has 3 aromatic rings. The number of imidazole rings is 1. The smallest absolute Gasteiger partial charge is 0.208 e. The van der Waals surface area contributed by atoms with Gasteiger partial charge in [0.05, 0.1) is 43.1 Å². The van der Waals surface area contributed by atoms with Crippen LogP contribution in [0.2, 0.25) is 0 Å². The van der Waals surface area contributed by atoms with Crippen LogP contribution in [-0.4, -0.2) is 51.9 Å². The second kappa shape index (κ2) is 8.66. The number of rotatable bonds is 7. The monoisotopic (exact) mass is 525 g/mol. The van der Waals surface area contributed by atoms with Gasteiger partial charge >= 0.3 is 0 Å². The third-order valence-electron chi connectivity index (χ3n) is 4.80. The fraction of sp³-hybridized carbons (Fsp3) is 0.381. The summed E-state index contributed by atoms with van der Waals surface area (Å²) in [6.45, 7) is 4.16. The molecule has 0 radical (unpaired) electrons. The third-order valence-corrected chi connectivity index (χ3v) is 5.47. The van der Waals surface area contributed by atoms with Crippen molar-refractivity contribution in [2.24, 2.45) is 0 Å². The van der Waals surface area contributed by atoms with E-state index in [1.165, 1.54) is 6.07 Å². The maximum absolute atomic E-state index is 14.4. The van der Waals surface area contributed by atoms with Crippen molar-refractivity contribution in [3.05, 3.63) is 63.3 Å². The average Bonchev–Trinajstić information content (AvgIpc) is 3.30. The minimum absolute atomic E-state index is 0.157. The number of Topliss-reactive ketones (excluding diaryl/α,β-unsaturated/α-hetero) is 1. The topological polar surface area (TPSA) is 75.0 Å². The Morgan fingerprint density at radius 3 is 2.97 bits per heavy atom. The molecule has 3 heterocycles. The molecule has 158 valence electrons. The molecule has 4 rings (SSSR count). The Labute approximate surface area is 186 Å². The Morgan fingerprint density at radius 2 is 2.23 bits per heavy atom. The zero-order valence-electron chi connectivity index (χ0n) is 16.6. The van der Waals surface area contributed by atoms with Gasteiger partial charge in [0.15, 0.2) is 5.79 Å². The van der Waals surface area contributed by atoms with Gasteiger partial charge in [-0.1, -0.05) is 6.07 Å². The number of aromatic nitrogens is 3. The molecule has 0 bridgehead atoms. The van der Waals surface area contributed by atoms with Crippen molar-refractivity contribution in [1.29, 1.82) is 0 Å². The average molecular weight is 525 g/mol.